The molecule has 1 saturated carbocycles. The van der Waals surface area contributed by atoms with E-state index in [1.54, 1.807) is 35.2 Å². The number of benzene rings is 2. The minimum absolute atomic E-state index is 0.0505. The molecule has 4 rings (SSSR count). The molecule has 0 aromatic heterocycles. The van der Waals surface area contributed by atoms with Crippen molar-refractivity contribution < 1.29 is 23.5 Å². The van der Waals surface area contributed by atoms with Gasteiger partial charge in [-0.1, -0.05) is 0 Å². The minimum Gasteiger partial charge on any atom is -0.494 e. The number of likely N-dealkylation sites (tertiary alicyclic amines) is 1. The normalized spacial score (nSPS) is 18.4. The van der Waals surface area contributed by atoms with E-state index in [-0.39, 0.29) is 23.5 Å². The standard InChI is InChI=1S/C24H27FN2O4/c1-30-22-11-6-18(13-21(22)25)24(29)27-12-2-3-16(14-27)15-31-20-9-4-17(5-10-20)23(28)26-19-7-8-19/h4-6,9-11,13,16,19H,2-3,7-8,12,14-15H2,1H3,(H,26,28). The molecule has 1 atom stereocenters. The van der Waals surface area contributed by atoms with E-state index in [2.05, 4.69) is 5.32 Å². The second-order valence-corrected chi connectivity index (χ2v) is 8.19. The first-order chi connectivity index (χ1) is 15.0. The van der Waals surface area contributed by atoms with Crippen LogP contribution in [0.25, 0.3) is 0 Å². The van der Waals surface area contributed by atoms with Crippen LogP contribution in [0.5, 0.6) is 11.5 Å². The second kappa shape index (κ2) is 9.37. The molecule has 6 nitrogen and oxygen atoms in total. The van der Waals surface area contributed by atoms with Crippen LogP contribution in [0.15, 0.2) is 42.5 Å². The Labute approximate surface area is 181 Å². The summed E-state index contributed by atoms with van der Waals surface area (Å²) in [5.74, 6) is 0.238. The fourth-order valence-corrected chi connectivity index (χ4v) is 3.78. The first-order valence-corrected chi connectivity index (χ1v) is 10.7. The van der Waals surface area contributed by atoms with Gasteiger partial charge in [0, 0.05) is 36.2 Å². The van der Waals surface area contributed by atoms with Gasteiger partial charge in [-0.2, -0.15) is 0 Å². The Morgan fingerprint density at radius 1 is 1.10 bits per heavy atom. The summed E-state index contributed by atoms with van der Waals surface area (Å²) in [6.45, 7) is 1.69. The fourth-order valence-electron chi connectivity index (χ4n) is 3.78. The maximum atomic E-state index is 14.0. The molecule has 2 amide bonds. The average Bonchev–Trinajstić information content (AvgIpc) is 3.61. The first kappa shape index (κ1) is 21.2. The van der Waals surface area contributed by atoms with Crippen molar-refractivity contribution in [3.8, 4) is 11.5 Å². The Morgan fingerprint density at radius 3 is 2.52 bits per heavy atom. The molecule has 7 heteroatoms. The average molecular weight is 426 g/mol. The molecule has 0 radical (unpaired) electrons. The lowest BCUT2D eigenvalue weighted by Gasteiger charge is -2.32. The van der Waals surface area contributed by atoms with Gasteiger partial charge in [-0.25, -0.2) is 4.39 Å². The number of methoxy groups -OCH3 is 1. The third-order valence-electron chi connectivity index (χ3n) is 5.72. The highest BCUT2D eigenvalue weighted by Gasteiger charge is 2.26. The largest absolute Gasteiger partial charge is 0.494 e. The van der Waals surface area contributed by atoms with Gasteiger partial charge in [0.15, 0.2) is 11.6 Å². The van der Waals surface area contributed by atoms with Crippen molar-refractivity contribution in [3.63, 3.8) is 0 Å². The number of carbonyl (C=O) groups is 2. The summed E-state index contributed by atoms with van der Waals surface area (Å²) in [6.07, 6.45) is 3.95. The number of hydrogen-bond donors (Lipinski definition) is 1. The molecular weight excluding hydrogens is 399 g/mol. The molecule has 1 N–H and O–H groups in total. The van der Waals surface area contributed by atoms with Gasteiger partial charge in [-0.3, -0.25) is 9.59 Å². The molecule has 1 aliphatic carbocycles. The zero-order chi connectivity index (χ0) is 21.8. The van der Waals surface area contributed by atoms with Gasteiger partial charge in [0.2, 0.25) is 0 Å². The lowest BCUT2D eigenvalue weighted by molar-refractivity contribution is 0.0632. The minimum atomic E-state index is -0.542. The quantitative estimate of drug-likeness (QED) is 0.734. The van der Waals surface area contributed by atoms with Crippen molar-refractivity contribution in [2.75, 3.05) is 26.8 Å². The Morgan fingerprint density at radius 2 is 1.84 bits per heavy atom. The number of piperidine rings is 1. The Kier molecular flexibility index (Phi) is 6.39. The molecule has 1 heterocycles. The highest BCUT2D eigenvalue weighted by molar-refractivity contribution is 5.95. The van der Waals surface area contributed by atoms with Crippen LogP contribution in [0.1, 0.15) is 46.4 Å². The van der Waals surface area contributed by atoms with Crippen molar-refractivity contribution in [3.05, 3.63) is 59.4 Å². The summed E-state index contributed by atoms with van der Waals surface area (Å²) in [6, 6.07) is 11.7. The fraction of sp³-hybridized carbons (Fsp3) is 0.417. The molecule has 2 aromatic rings. The van der Waals surface area contributed by atoms with Gasteiger partial charge >= 0.3 is 0 Å². The van der Waals surface area contributed by atoms with Crippen molar-refractivity contribution in [2.24, 2.45) is 5.92 Å². The van der Waals surface area contributed by atoms with E-state index in [9.17, 15) is 14.0 Å². The molecule has 2 fully saturated rings. The molecule has 1 aliphatic heterocycles. The first-order valence-electron chi connectivity index (χ1n) is 10.7. The van der Waals surface area contributed by atoms with E-state index in [4.69, 9.17) is 9.47 Å². The molecule has 31 heavy (non-hydrogen) atoms. The van der Waals surface area contributed by atoms with Crippen LogP contribution in [0.2, 0.25) is 0 Å². The number of ether oxygens (including phenoxy) is 2. The van der Waals surface area contributed by atoms with E-state index >= 15 is 0 Å². The molecule has 1 saturated heterocycles. The van der Waals surface area contributed by atoms with E-state index in [0.29, 0.717) is 42.6 Å². The van der Waals surface area contributed by atoms with Crippen LogP contribution < -0.4 is 14.8 Å². The number of hydrogen-bond acceptors (Lipinski definition) is 4. The predicted molar refractivity (Wildman–Crippen MR) is 114 cm³/mol. The monoisotopic (exact) mass is 426 g/mol. The molecule has 1 unspecified atom stereocenters. The van der Waals surface area contributed by atoms with Gasteiger partial charge in [-0.05, 0) is 68.1 Å². The van der Waals surface area contributed by atoms with Crippen molar-refractivity contribution in [1.82, 2.24) is 10.2 Å². The summed E-state index contributed by atoms with van der Waals surface area (Å²) in [4.78, 5) is 26.6. The highest BCUT2D eigenvalue weighted by atomic mass is 19.1. The summed E-state index contributed by atoms with van der Waals surface area (Å²) >= 11 is 0. The van der Waals surface area contributed by atoms with Crippen molar-refractivity contribution in [2.45, 2.75) is 31.7 Å². The predicted octanol–water partition coefficient (Wildman–Crippen LogP) is 3.66. The van der Waals surface area contributed by atoms with E-state index in [1.165, 1.54) is 19.2 Å². The van der Waals surface area contributed by atoms with E-state index < -0.39 is 5.82 Å². The number of carbonyl (C=O) groups excluding carboxylic acids is 2. The third kappa shape index (κ3) is 5.34. The Bertz CT molecular complexity index is 943. The molecule has 164 valence electrons. The van der Waals surface area contributed by atoms with Crippen LogP contribution in [-0.2, 0) is 0 Å². The second-order valence-electron chi connectivity index (χ2n) is 8.19. The lowest BCUT2D eigenvalue weighted by Crippen LogP contribution is -2.41. The number of amides is 2. The summed E-state index contributed by atoms with van der Waals surface area (Å²) in [5.41, 5.74) is 0.945. The lowest BCUT2D eigenvalue weighted by atomic mass is 9.98. The zero-order valence-corrected chi connectivity index (χ0v) is 17.6. The molecular formula is C24H27FN2O4. The molecule has 2 aliphatic rings. The van der Waals surface area contributed by atoms with Gasteiger partial charge < -0.3 is 19.7 Å². The Hall–Kier alpha value is -3.09. The molecule has 0 bridgehead atoms. The van der Waals surface area contributed by atoms with Gasteiger partial charge in [-0.15, -0.1) is 0 Å². The van der Waals surface area contributed by atoms with Crippen LogP contribution in [0, 0.1) is 11.7 Å². The van der Waals surface area contributed by atoms with Crippen LogP contribution in [0.4, 0.5) is 4.39 Å². The highest BCUT2D eigenvalue weighted by Crippen LogP contribution is 2.24. The van der Waals surface area contributed by atoms with Crippen LogP contribution >= 0.6 is 0 Å². The Balaban J connectivity index is 1.30. The SMILES string of the molecule is COc1ccc(C(=O)N2CCCC(COc3ccc(C(=O)NC4CC4)cc3)C2)cc1F. The smallest absolute Gasteiger partial charge is 0.253 e. The van der Waals surface area contributed by atoms with Crippen LogP contribution in [-0.4, -0.2) is 49.6 Å². The van der Waals surface area contributed by atoms with Crippen molar-refractivity contribution >= 4 is 11.8 Å². The summed E-state index contributed by atoms with van der Waals surface area (Å²) in [5, 5.41) is 2.96. The number of halogens is 1. The van der Waals surface area contributed by atoms with Crippen LogP contribution in [0.3, 0.4) is 0 Å². The van der Waals surface area contributed by atoms with E-state index in [1.807, 2.05) is 0 Å². The molecule has 0 spiro atoms. The summed E-state index contributed by atoms with van der Waals surface area (Å²) < 4.78 is 24.8. The van der Waals surface area contributed by atoms with Gasteiger partial charge in [0.05, 0.1) is 13.7 Å². The van der Waals surface area contributed by atoms with Gasteiger partial charge in [0.1, 0.15) is 5.75 Å². The topological polar surface area (TPSA) is 67.9 Å². The third-order valence-corrected chi connectivity index (χ3v) is 5.72. The summed E-state index contributed by atoms with van der Waals surface area (Å²) in [7, 11) is 1.39. The maximum absolute atomic E-state index is 14.0. The number of rotatable bonds is 7. The zero-order valence-electron chi connectivity index (χ0n) is 17.6. The van der Waals surface area contributed by atoms with E-state index in [0.717, 1.165) is 25.7 Å². The number of nitrogens with one attached hydrogen (secondary N) is 1. The maximum Gasteiger partial charge on any atom is 0.253 e. The van der Waals surface area contributed by atoms with Crippen molar-refractivity contribution in [1.29, 1.82) is 0 Å². The van der Waals surface area contributed by atoms with Gasteiger partial charge in [0.25, 0.3) is 11.8 Å². The molecule has 2 aromatic carbocycles. The number of nitrogens with zero attached hydrogens (tertiary/aromatic N) is 1.